The maximum absolute atomic E-state index is 11.9. The van der Waals surface area contributed by atoms with Gasteiger partial charge in [-0.05, 0) is 36.4 Å². The molecular formula is C11H18N2O2S2. The van der Waals surface area contributed by atoms with E-state index < -0.39 is 10.0 Å². The molecule has 0 unspecified atom stereocenters. The minimum Gasteiger partial charge on any atom is -0.326 e. The highest BCUT2D eigenvalue weighted by Gasteiger charge is 2.14. The Balaban J connectivity index is 2.91. The molecule has 0 atom stereocenters. The Morgan fingerprint density at radius 3 is 2.71 bits per heavy atom. The van der Waals surface area contributed by atoms with Crippen LogP contribution >= 0.6 is 11.8 Å². The molecule has 0 saturated heterocycles. The van der Waals surface area contributed by atoms with Gasteiger partial charge >= 0.3 is 0 Å². The molecule has 0 spiro atoms. The van der Waals surface area contributed by atoms with Gasteiger partial charge in [0, 0.05) is 18.8 Å². The van der Waals surface area contributed by atoms with Crippen molar-refractivity contribution >= 4 is 21.8 Å². The first kappa shape index (κ1) is 14.5. The Morgan fingerprint density at radius 2 is 2.12 bits per heavy atom. The molecule has 4 nitrogen and oxygen atoms in total. The highest BCUT2D eigenvalue weighted by Crippen LogP contribution is 2.15. The molecule has 17 heavy (non-hydrogen) atoms. The molecule has 0 aromatic heterocycles. The van der Waals surface area contributed by atoms with Gasteiger partial charge in [0.1, 0.15) is 0 Å². The van der Waals surface area contributed by atoms with Crippen LogP contribution in [0.1, 0.15) is 11.1 Å². The molecular weight excluding hydrogens is 256 g/mol. The molecule has 0 saturated carbocycles. The average molecular weight is 274 g/mol. The van der Waals surface area contributed by atoms with Gasteiger partial charge in [-0.25, -0.2) is 13.1 Å². The van der Waals surface area contributed by atoms with Crippen molar-refractivity contribution in [3.05, 3.63) is 29.3 Å². The smallest absolute Gasteiger partial charge is 0.240 e. The number of nitrogens with one attached hydrogen (secondary N) is 1. The van der Waals surface area contributed by atoms with Crippen molar-refractivity contribution in [2.45, 2.75) is 18.4 Å². The highest BCUT2D eigenvalue weighted by molar-refractivity contribution is 7.98. The number of hydrogen-bond donors (Lipinski definition) is 2. The summed E-state index contributed by atoms with van der Waals surface area (Å²) in [6, 6.07) is 5.03. The van der Waals surface area contributed by atoms with Crippen LogP contribution < -0.4 is 10.5 Å². The van der Waals surface area contributed by atoms with E-state index in [2.05, 4.69) is 4.72 Å². The monoisotopic (exact) mass is 274 g/mol. The lowest BCUT2D eigenvalue weighted by atomic mass is 10.1. The van der Waals surface area contributed by atoms with Crippen LogP contribution in [-0.2, 0) is 16.6 Å². The SMILES string of the molecule is CSCCNS(=O)(=O)c1ccc(C)c(CN)c1. The van der Waals surface area contributed by atoms with Gasteiger partial charge in [0.2, 0.25) is 10.0 Å². The fraction of sp³-hybridized carbons (Fsp3) is 0.455. The summed E-state index contributed by atoms with van der Waals surface area (Å²) < 4.78 is 26.4. The summed E-state index contributed by atoms with van der Waals surface area (Å²) in [5.41, 5.74) is 7.43. The minimum atomic E-state index is -3.40. The maximum Gasteiger partial charge on any atom is 0.240 e. The summed E-state index contributed by atoms with van der Waals surface area (Å²) in [4.78, 5) is 0.282. The van der Waals surface area contributed by atoms with Crippen LogP contribution in [0.3, 0.4) is 0 Å². The number of benzene rings is 1. The molecule has 0 aliphatic carbocycles. The van der Waals surface area contributed by atoms with Crippen LogP contribution in [-0.4, -0.2) is 27.0 Å². The zero-order valence-electron chi connectivity index (χ0n) is 10.1. The summed E-state index contributed by atoms with van der Waals surface area (Å²) in [5, 5.41) is 0. The van der Waals surface area contributed by atoms with Crippen LogP contribution in [0.15, 0.2) is 23.1 Å². The molecule has 0 aliphatic rings. The molecule has 0 heterocycles. The Morgan fingerprint density at radius 1 is 1.41 bits per heavy atom. The Labute approximate surface area is 107 Å². The molecule has 1 aromatic carbocycles. The quantitative estimate of drug-likeness (QED) is 0.762. The predicted molar refractivity (Wildman–Crippen MR) is 72.6 cm³/mol. The number of nitrogens with two attached hydrogens (primary N) is 1. The average Bonchev–Trinajstić information content (AvgIpc) is 2.29. The van der Waals surface area contributed by atoms with E-state index in [-0.39, 0.29) is 4.90 Å². The molecule has 3 N–H and O–H groups in total. The second-order valence-electron chi connectivity index (χ2n) is 3.68. The van der Waals surface area contributed by atoms with E-state index in [4.69, 9.17) is 5.73 Å². The lowest BCUT2D eigenvalue weighted by molar-refractivity contribution is 0.584. The lowest BCUT2D eigenvalue weighted by Gasteiger charge is -2.09. The van der Waals surface area contributed by atoms with Crippen molar-refractivity contribution in [2.24, 2.45) is 5.73 Å². The number of sulfonamides is 1. The molecule has 96 valence electrons. The Hall–Kier alpha value is -0.560. The van der Waals surface area contributed by atoms with E-state index in [0.717, 1.165) is 16.9 Å². The summed E-state index contributed by atoms with van der Waals surface area (Å²) in [6.07, 6.45) is 1.94. The topological polar surface area (TPSA) is 72.2 Å². The van der Waals surface area contributed by atoms with Crippen molar-refractivity contribution in [3.63, 3.8) is 0 Å². The third-order valence-electron chi connectivity index (χ3n) is 2.45. The summed E-state index contributed by atoms with van der Waals surface area (Å²) in [6.45, 7) is 2.70. The molecule has 0 radical (unpaired) electrons. The number of rotatable bonds is 6. The number of aryl methyl sites for hydroxylation is 1. The van der Waals surface area contributed by atoms with Crippen molar-refractivity contribution in [1.82, 2.24) is 4.72 Å². The van der Waals surface area contributed by atoms with E-state index in [1.807, 2.05) is 13.2 Å². The van der Waals surface area contributed by atoms with Crippen LogP contribution in [0.5, 0.6) is 0 Å². The number of thioether (sulfide) groups is 1. The molecule has 6 heteroatoms. The maximum atomic E-state index is 11.9. The van der Waals surface area contributed by atoms with Crippen molar-refractivity contribution in [2.75, 3.05) is 18.6 Å². The molecule has 0 amide bonds. The van der Waals surface area contributed by atoms with Crippen LogP contribution in [0, 0.1) is 6.92 Å². The summed E-state index contributed by atoms with van der Waals surface area (Å²) in [5.74, 6) is 0.759. The Kier molecular flexibility index (Phi) is 5.45. The second kappa shape index (κ2) is 6.39. The van der Waals surface area contributed by atoms with E-state index in [1.165, 1.54) is 0 Å². The fourth-order valence-electron chi connectivity index (χ4n) is 1.40. The van der Waals surface area contributed by atoms with Crippen LogP contribution in [0.25, 0.3) is 0 Å². The number of hydrogen-bond acceptors (Lipinski definition) is 4. The predicted octanol–water partition coefficient (Wildman–Crippen LogP) is 1.10. The summed E-state index contributed by atoms with van der Waals surface area (Å²) in [7, 11) is -3.40. The van der Waals surface area contributed by atoms with E-state index in [1.54, 1.807) is 30.0 Å². The Bertz CT molecular complexity index is 472. The summed E-state index contributed by atoms with van der Waals surface area (Å²) >= 11 is 1.60. The van der Waals surface area contributed by atoms with Crippen molar-refractivity contribution < 1.29 is 8.42 Å². The fourth-order valence-corrected chi connectivity index (χ4v) is 2.91. The first-order valence-electron chi connectivity index (χ1n) is 5.29. The minimum absolute atomic E-state index is 0.282. The highest BCUT2D eigenvalue weighted by atomic mass is 32.2. The van der Waals surface area contributed by atoms with Gasteiger partial charge in [-0.1, -0.05) is 6.07 Å². The zero-order valence-corrected chi connectivity index (χ0v) is 11.7. The van der Waals surface area contributed by atoms with Gasteiger partial charge < -0.3 is 5.73 Å². The van der Waals surface area contributed by atoms with E-state index in [0.29, 0.717) is 13.1 Å². The van der Waals surface area contributed by atoms with Gasteiger partial charge in [-0.15, -0.1) is 0 Å². The van der Waals surface area contributed by atoms with Gasteiger partial charge in [0.25, 0.3) is 0 Å². The molecule has 1 rings (SSSR count). The second-order valence-corrected chi connectivity index (χ2v) is 6.44. The van der Waals surface area contributed by atoms with E-state index in [9.17, 15) is 8.42 Å². The van der Waals surface area contributed by atoms with Crippen LogP contribution in [0.2, 0.25) is 0 Å². The zero-order chi connectivity index (χ0) is 12.9. The van der Waals surface area contributed by atoms with Crippen molar-refractivity contribution in [3.8, 4) is 0 Å². The third kappa shape index (κ3) is 3.99. The normalized spacial score (nSPS) is 11.7. The third-order valence-corrected chi connectivity index (χ3v) is 4.52. The van der Waals surface area contributed by atoms with Crippen molar-refractivity contribution in [1.29, 1.82) is 0 Å². The van der Waals surface area contributed by atoms with Crippen LogP contribution in [0.4, 0.5) is 0 Å². The molecule has 1 aromatic rings. The van der Waals surface area contributed by atoms with Gasteiger partial charge in [-0.3, -0.25) is 0 Å². The standard InChI is InChI=1S/C11H18N2O2S2/c1-9-3-4-11(7-10(9)8-12)17(14,15)13-5-6-16-2/h3-4,7,13H,5-6,8,12H2,1-2H3. The van der Waals surface area contributed by atoms with Gasteiger partial charge in [0.05, 0.1) is 4.90 Å². The first-order chi connectivity index (χ1) is 8.01. The molecule has 0 fully saturated rings. The molecule has 0 bridgehead atoms. The lowest BCUT2D eigenvalue weighted by Crippen LogP contribution is -2.26. The van der Waals surface area contributed by atoms with Gasteiger partial charge in [0.15, 0.2) is 0 Å². The largest absolute Gasteiger partial charge is 0.326 e. The molecule has 0 aliphatic heterocycles. The first-order valence-corrected chi connectivity index (χ1v) is 8.17. The van der Waals surface area contributed by atoms with Gasteiger partial charge in [-0.2, -0.15) is 11.8 Å². The van der Waals surface area contributed by atoms with E-state index >= 15 is 0 Å².